The first-order valence-corrected chi connectivity index (χ1v) is 5.95. The third-order valence-corrected chi connectivity index (χ3v) is 2.32. The van der Waals surface area contributed by atoms with Crippen LogP contribution in [-0.2, 0) is 9.47 Å². The fourth-order valence-electron chi connectivity index (χ4n) is 1.54. The first kappa shape index (κ1) is 15.5. The van der Waals surface area contributed by atoms with Gasteiger partial charge in [0, 0.05) is 32.7 Å². The molecule has 1 aliphatic rings. The zero-order valence-electron chi connectivity index (χ0n) is 10.6. The van der Waals surface area contributed by atoms with Gasteiger partial charge in [-0.25, -0.2) is 0 Å². The average molecular weight is 232 g/mol. The van der Waals surface area contributed by atoms with Gasteiger partial charge in [-0.2, -0.15) is 4.91 Å². The lowest BCUT2D eigenvalue weighted by atomic mass is 10.0. The van der Waals surface area contributed by atoms with Gasteiger partial charge in [-0.15, -0.1) is 0 Å². The van der Waals surface area contributed by atoms with Gasteiger partial charge in [-0.1, -0.05) is 19.0 Å². The van der Waals surface area contributed by atoms with Crippen molar-refractivity contribution in [3.8, 4) is 0 Å². The summed E-state index contributed by atoms with van der Waals surface area (Å²) < 4.78 is 10.3. The monoisotopic (exact) mass is 232 g/mol. The standard InChI is InChI=1S/C9H18N2O3.C2H6/c1-13-5-3-11-6-9(7-11)8-14-4-2-10-12;1-2/h9H,2-8H2,1H3;1-2H3. The van der Waals surface area contributed by atoms with Crippen LogP contribution in [-0.4, -0.2) is 58.0 Å². The second kappa shape index (κ2) is 11.0. The molecule has 5 heteroatoms. The van der Waals surface area contributed by atoms with Crippen molar-refractivity contribution in [2.24, 2.45) is 11.1 Å². The highest BCUT2D eigenvalue weighted by Crippen LogP contribution is 2.14. The summed E-state index contributed by atoms with van der Waals surface area (Å²) >= 11 is 0. The maximum atomic E-state index is 9.75. The molecule has 0 N–H and O–H groups in total. The van der Waals surface area contributed by atoms with Gasteiger partial charge in [0.15, 0.2) is 0 Å². The SMILES string of the molecule is CC.COCCN1CC(COCCN=O)C1. The minimum absolute atomic E-state index is 0.264. The van der Waals surface area contributed by atoms with Gasteiger partial charge >= 0.3 is 0 Å². The maximum absolute atomic E-state index is 9.75. The summed E-state index contributed by atoms with van der Waals surface area (Å²) in [6.45, 7) is 9.43. The molecule has 0 saturated carbocycles. The molecule has 0 aromatic heterocycles. The summed E-state index contributed by atoms with van der Waals surface area (Å²) in [5, 5.41) is 2.73. The first-order valence-electron chi connectivity index (χ1n) is 5.95. The first-order chi connectivity index (χ1) is 7.86. The second-order valence-corrected chi connectivity index (χ2v) is 3.55. The van der Waals surface area contributed by atoms with E-state index >= 15 is 0 Å². The van der Waals surface area contributed by atoms with E-state index in [1.54, 1.807) is 7.11 Å². The van der Waals surface area contributed by atoms with Crippen LogP contribution in [0, 0.1) is 10.8 Å². The van der Waals surface area contributed by atoms with E-state index in [-0.39, 0.29) is 6.54 Å². The van der Waals surface area contributed by atoms with Gasteiger partial charge < -0.3 is 14.4 Å². The van der Waals surface area contributed by atoms with Crippen molar-refractivity contribution in [1.82, 2.24) is 4.90 Å². The Bertz CT molecular complexity index is 161. The Morgan fingerprint density at radius 2 is 2.00 bits per heavy atom. The van der Waals surface area contributed by atoms with Gasteiger partial charge in [0.1, 0.15) is 6.54 Å². The molecule has 0 aromatic carbocycles. The number of hydrogen-bond acceptors (Lipinski definition) is 5. The van der Waals surface area contributed by atoms with Crippen LogP contribution in [0.25, 0.3) is 0 Å². The van der Waals surface area contributed by atoms with Crippen molar-refractivity contribution < 1.29 is 9.47 Å². The van der Waals surface area contributed by atoms with Crippen molar-refractivity contribution >= 4 is 0 Å². The molecule has 1 rings (SSSR count). The van der Waals surface area contributed by atoms with Gasteiger partial charge in [-0.05, 0) is 0 Å². The van der Waals surface area contributed by atoms with E-state index in [2.05, 4.69) is 10.1 Å². The molecule has 0 bridgehead atoms. The molecule has 1 aliphatic heterocycles. The molecule has 96 valence electrons. The van der Waals surface area contributed by atoms with Crippen molar-refractivity contribution in [3.63, 3.8) is 0 Å². The Balaban J connectivity index is 0.00000106. The molecule has 0 aliphatic carbocycles. The highest BCUT2D eigenvalue weighted by Gasteiger charge is 2.25. The summed E-state index contributed by atoms with van der Waals surface area (Å²) in [6.07, 6.45) is 0. The lowest BCUT2D eigenvalue weighted by molar-refractivity contribution is 0.00597. The van der Waals surface area contributed by atoms with E-state index in [1.165, 1.54) is 0 Å². The summed E-state index contributed by atoms with van der Waals surface area (Å²) in [6, 6.07) is 0. The van der Waals surface area contributed by atoms with E-state index in [0.717, 1.165) is 32.8 Å². The molecule has 1 heterocycles. The highest BCUT2D eigenvalue weighted by molar-refractivity contribution is 4.79. The Labute approximate surface area is 98.1 Å². The average Bonchev–Trinajstić information content (AvgIpc) is 2.28. The quantitative estimate of drug-likeness (QED) is 0.468. The van der Waals surface area contributed by atoms with Gasteiger partial charge in [0.25, 0.3) is 0 Å². The Hall–Kier alpha value is -0.520. The molecular formula is C11H24N2O3. The summed E-state index contributed by atoms with van der Waals surface area (Å²) in [5.74, 6) is 0.624. The van der Waals surface area contributed by atoms with E-state index in [4.69, 9.17) is 9.47 Å². The van der Waals surface area contributed by atoms with Crippen LogP contribution >= 0.6 is 0 Å². The second-order valence-electron chi connectivity index (χ2n) is 3.55. The molecular weight excluding hydrogens is 208 g/mol. The van der Waals surface area contributed by atoms with Gasteiger partial charge in [-0.3, -0.25) is 0 Å². The number of nitrogens with zero attached hydrogens (tertiary/aromatic N) is 2. The number of ether oxygens (including phenoxy) is 2. The van der Waals surface area contributed by atoms with Crippen molar-refractivity contribution in [2.45, 2.75) is 13.8 Å². The molecule has 0 radical (unpaired) electrons. The molecule has 16 heavy (non-hydrogen) atoms. The minimum atomic E-state index is 0.264. The zero-order chi connectivity index (χ0) is 12.2. The van der Waals surface area contributed by atoms with E-state index in [9.17, 15) is 4.91 Å². The highest BCUT2D eigenvalue weighted by atomic mass is 16.5. The summed E-state index contributed by atoms with van der Waals surface area (Å²) in [4.78, 5) is 12.1. The zero-order valence-corrected chi connectivity index (χ0v) is 10.6. The van der Waals surface area contributed by atoms with Crippen LogP contribution in [0.1, 0.15) is 13.8 Å². The van der Waals surface area contributed by atoms with Crippen LogP contribution in [0.2, 0.25) is 0 Å². The van der Waals surface area contributed by atoms with Crippen LogP contribution in [0.5, 0.6) is 0 Å². The molecule has 5 nitrogen and oxygen atoms in total. The third kappa shape index (κ3) is 6.87. The Morgan fingerprint density at radius 1 is 1.31 bits per heavy atom. The molecule has 0 atom stereocenters. The molecule has 0 unspecified atom stereocenters. The normalized spacial score (nSPS) is 16.2. The topological polar surface area (TPSA) is 51.1 Å². The Kier molecular flexibility index (Phi) is 10.6. The van der Waals surface area contributed by atoms with E-state index in [1.807, 2.05) is 13.8 Å². The van der Waals surface area contributed by atoms with Crippen LogP contribution in [0.4, 0.5) is 0 Å². The smallest absolute Gasteiger partial charge is 0.104 e. The molecule has 1 saturated heterocycles. The van der Waals surface area contributed by atoms with E-state index in [0.29, 0.717) is 12.5 Å². The summed E-state index contributed by atoms with van der Waals surface area (Å²) in [5.41, 5.74) is 0. The maximum Gasteiger partial charge on any atom is 0.104 e. The number of methoxy groups -OCH3 is 1. The molecule has 0 aromatic rings. The third-order valence-electron chi connectivity index (χ3n) is 2.32. The fraction of sp³-hybridized carbons (Fsp3) is 1.00. The number of likely N-dealkylation sites (tertiary alicyclic amines) is 1. The fourth-order valence-corrected chi connectivity index (χ4v) is 1.54. The largest absolute Gasteiger partial charge is 0.383 e. The van der Waals surface area contributed by atoms with Crippen LogP contribution in [0.3, 0.4) is 0 Å². The van der Waals surface area contributed by atoms with Crippen molar-refractivity contribution in [1.29, 1.82) is 0 Å². The predicted octanol–water partition coefficient (Wildman–Crippen LogP) is 1.37. The molecule has 1 fully saturated rings. The lowest BCUT2D eigenvalue weighted by Gasteiger charge is -2.38. The lowest BCUT2D eigenvalue weighted by Crippen LogP contribution is -2.49. The molecule has 0 spiro atoms. The molecule has 0 amide bonds. The minimum Gasteiger partial charge on any atom is -0.383 e. The van der Waals surface area contributed by atoms with E-state index < -0.39 is 0 Å². The van der Waals surface area contributed by atoms with Crippen molar-refractivity contribution in [2.75, 3.05) is 53.1 Å². The number of rotatable bonds is 8. The summed E-state index contributed by atoms with van der Waals surface area (Å²) in [7, 11) is 1.72. The Morgan fingerprint density at radius 3 is 2.56 bits per heavy atom. The number of hydrogen-bond donors (Lipinski definition) is 0. The van der Waals surface area contributed by atoms with Crippen molar-refractivity contribution in [3.05, 3.63) is 4.91 Å². The van der Waals surface area contributed by atoms with Crippen LogP contribution in [0.15, 0.2) is 5.18 Å². The van der Waals surface area contributed by atoms with Gasteiger partial charge in [0.2, 0.25) is 0 Å². The van der Waals surface area contributed by atoms with Crippen LogP contribution < -0.4 is 0 Å². The number of nitroso groups, excluding NO2 is 1. The van der Waals surface area contributed by atoms with Gasteiger partial charge in [0.05, 0.1) is 19.8 Å². The predicted molar refractivity (Wildman–Crippen MR) is 64.6 cm³/mol.